The Labute approximate surface area is 144 Å². The minimum Gasteiger partial charge on any atom is -0.406 e. The molecule has 0 atom stereocenters. The number of hydrogen-bond donors (Lipinski definition) is 1. The summed E-state index contributed by atoms with van der Waals surface area (Å²) in [5.41, 5.74) is 3.56. The molecule has 5 nitrogen and oxygen atoms in total. The first-order valence-electron chi connectivity index (χ1n) is 7.08. The van der Waals surface area contributed by atoms with Gasteiger partial charge >= 0.3 is 6.36 Å². The van der Waals surface area contributed by atoms with Gasteiger partial charge in [-0.05, 0) is 30.3 Å². The summed E-state index contributed by atoms with van der Waals surface area (Å²) in [5, 5.41) is 4.04. The SMILES string of the molecule is Cn1/c(=N\NC(=O)c2ccccc2)sc2cc(OC(F)(F)F)ccc21. The van der Waals surface area contributed by atoms with Crippen LogP contribution < -0.4 is 15.0 Å². The van der Waals surface area contributed by atoms with Gasteiger partial charge in [0.25, 0.3) is 5.91 Å². The summed E-state index contributed by atoms with van der Waals surface area (Å²) in [6.07, 6.45) is -4.75. The molecule has 1 aromatic heterocycles. The number of ether oxygens (including phenoxy) is 1. The summed E-state index contributed by atoms with van der Waals surface area (Å²) >= 11 is 1.14. The van der Waals surface area contributed by atoms with Crippen molar-refractivity contribution in [3.05, 3.63) is 58.9 Å². The lowest BCUT2D eigenvalue weighted by Gasteiger charge is -2.08. The molecule has 1 heterocycles. The van der Waals surface area contributed by atoms with Crippen molar-refractivity contribution in [2.45, 2.75) is 6.36 Å². The molecule has 0 spiro atoms. The molecule has 0 aliphatic rings. The van der Waals surface area contributed by atoms with Gasteiger partial charge in [0.1, 0.15) is 5.75 Å². The van der Waals surface area contributed by atoms with E-state index in [4.69, 9.17) is 0 Å². The van der Waals surface area contributed by atoms with Gasteiger partial charge in [0, 0.05) is 12.6 Å². The van der Waals surface area contributed by atoms with E-state index in [0.717, 1.165) is 11.3 Å². The standard InChI is InChI=1S/C16H12F3N3O2S/c1-22-12-8-7-11(24-16(17,18)19)9-13(12)25-15(22)21-20-14(23)10-5-3-2-4-6-10/h2-9H,1H3,(H,20,23)/b21-15+. The number of aromatic nitrogens is 1. The molecule has 1 N–H and O–H groups in total. The molecule has 1 amide bonds. The van der Waals surface area contributed by atoms with Crippen LogP contribution in [0.4, 0.5) is 13.2 Å². The van der Waals surface area contributed by atoms with Gasteiger partial charge in [0.15, 0.2) is 0 Å². The van der Waals surface area contributed by atoms with Crippen molar-refractivity contribution in [2.24, 2.45) is 12.1 Å². The number of alkyl halides is 3. The topological polar surface area (TPSA) is 55.6 Å². The second-order valence-electron chi connectivity index (χ2n) is 5.04. The van der Waals surface area contributed by atoms with E-state index in [2.05, 4.69) is 15.3 Å². The van der Waals surface area contributed by atoms with Crippen LogP contribution >= 0.6 is 11.3 Å². The highest BCUT2D eigenvalue weighted by molar-refractivity contribution is 7.16. The summed E-state index contributed by atoms with van der Waals surface area (Å²) in [7, 11) is 1.70. The Morgan fingerprint density at radius 2 is 1.92 bits per heavy atom. The number of amides is 1. The number of nitrogens with one attached hydrogen (secondary N) is 1. The Morgan fingerprint density at radius 1 is 1.20 bits per heavy atom. The fourth-order valence-electron chi connectivity index (χ4n) is 2.17. The molecule has 0 radical (unpaired) electrons. The number of benzene rings is 2. The highest BCUT2D eigenvalue weighted by Crippen LogP contribution is 2.27. The van der Waals surface area contributed by atoms with Crippen LogP contribution in [0.1, 0.15) is 10.4 Å². The fraction of sp³-hybridized carbons (Fsp3) is 0.125. The number of hydrogen-bond acceptors (Lipinski definition) is 4. The van der Waals surface area contributed by atoms with Crippen molar-refractivity contribution in [3.8, 4) is 5.75 Å². The smallest absolute Gasteiger partial charge is 0.406 e. The molecule has 0 fully saturated rings. The van der Waals surface area contributed by atoms with Crippen LogP contribution in [0.3, 0.4) is 0 Å². The van der Waals surface area contributed by atoms with Crippen LogP contribution in [0.2, 0.25) is 0 Å². The van der Waals surface area contributed by atoms with Gasteiger partial charge in [-0.15, -0.1) is 18.3 Å². The van der Waals surface area contributed by atoms with Gasteiger partial charge in [-0.25, -0.2) is 5.43 Å². The lowest BCUT2D eigenvalue weighted by molar-refractivity contribution is -0.274. The molecule has 0 saturated carbocycles. The predicted octanol–water partition coefficient (Wildman–Crippen LogP) is 3.38. The molecular weight excluding hydrogens is 355 g/mol. The summed E-state index contributed by atoms with van der Waals surface area (Å²) in [6.45, 7) is 0. The molecule has 25 heavy (non-hydrogen) atoms. The van der Waals surface area contributed by atoms with Crippen molar-refractivity contribution in [1.29, 1.82) is 0 Å². The molecule has 0 aliphatic heterocycles. The van der Waals surface area contributed by atoms with Crippen LogP contribution in [0.15, 0.2) is 53.6 Å². The first-order valence-corrected chi connectivity index (χ1v) is 7.89. The van der Waals surface area contributed by atoms with Gasteiger partial charge in [0.2, 0.25) is 4.80 Å². The highest BCUT2D eigenvalue weighted by Gasteiger charge is 2.31. The number of halogens is 3. The summed E-state index contributed by atoms with van der Waals surface area (Å²) in [6, 6.07) is 12.6. The zero-order valence-corrected chi connectivity index (χ0v) is 13.7. The Kier molecular flexibility index (Phi) is 4.49. The second kappa shape index (κ2) is 6.60. The lowest BCUT2D eigenvalue weighted by atomic mass is 10.2. The van der Waals surface area contributed by atoms with Crippen molar-refractivity contribution < 1.29 is 22.7 Å². The third kappa shape index (κ3) is 4.00. The van der Waals surface area contributed by atoms with E-state index in [-0.39, 0.29) is 11.7 Å². The van der Waals surface area contributed by atoms with E-state index in [1.54, 1.807) is 41.9 Å². The molecule has 0 saturated heterocycles. The van der Waals surface area contributed by atoms with Gasteiger partial charge in [-0.2, -0.15) is 0 Å². The number of nitrogens with zero attached hydrogens (tertiary/aromatic N) is 2. The maximum Gasteiger partial charge on any atom is 0.573 e. The quantitative estimate of drug-likeness (QED) is 0.722. The van der Waals surface area contributed by atoms with Crippen LogP contribution in [0, 0.1) is 0 Å². The van der Waals surface area contributed by atoms with Crippen molar-refractivity contribution >= 4 is 27.5 Å². The average Bonchev–Trinajstić information content (AvgIpc) is 2.87. The first-order chi connectivity index (χ1) is 11.8. The number of thiazole rings is 1. The summed E-state index contributed by atoms with van der Waals surface area (Å²) < 4.78 is 43.1. The minimum atomic E-state index is -4.75. The molecule has 130 valence electrons. The van der Waals surface area contributed by atoms with E-state index >= 15 is 0 Å². The Morgan fingerprint density at radius 3 is 2.60 bits per heavy atom. The number of rotatable bonds is 3. The Balaban J connectivity index is 1.89. The Bertz CT molecular complexity index is 978. The number of carbonyl (C=O) groups excluding carboxylic acids is 1. The second-order valence-corrected chi connectivity index (χ2v) is 6.05. The molecule has 2 aromatic carbocycles. The Hall–Kier alpha value is -2.81. The third-order valence-corrected chi connectivity index (χ3v) is 4.40. The zero-order chi connectivity index (χ0) is 18.0. The van der Waals surface area contributed by atoms with E-state index in [9.17, 15) is 18.0 Å². The summed E-state index contributed by atoms with van der Waals surface area (Å²) in [5.74, 6) is -0.680. The molecule has 9 heteroatoms. The average molecular weight is 367 g/mol. The largest absolute Gasteiger partial charge is 0.573 e. The minimum absolute atomic E-state index is 0.304. The van der Waals surface area contributed by atoms with E-state index in [1.165, 1.54) is 18.2 Å². The monoisotopic (exact) mass is 367 g/mol. The number of aryl methyl sites for hydroxylation is 1. The van der Waals surface area contributed by atoms with Crippen molar-refractivity contribution in [3.63, 3.8) is 0 Å². The normalized spacial score (nSPS) is 12.4. The van der Waals surface area contributed by atoms with Gasteiger partial charge in [-0.3, -0.25) is 4.79 Å². The summed E-state index contributed by atoms with van der Waals surface area (Å²) in [4.78, 5) is 12.4. The van der Waals surface area contributed by atoms with Crippen LogP contribution in [0.25, 0.3) is 10.2 Å². The van der Waals surface area contributed by atoms with Crippen molar-refractivity contribution in [2.75, 3.05) is 0 Å². The lowest BCUT2D eigenvalue weighted by Crippen LogP contribution is -2.23. The molecule has 3 aromatic rings. The van der Waals surface area contributed by atoms with Gasteiger partial charge in [-0.1, -0.05) is 29.5 Å². The maximum absolute atomic E-state index is 12.3. The van der Waals surface area contributed by atoms with Crippen LogP contribution in [-0.2, 0) is 7.05 Å². The third-order valence-electron chi connectivity index (χ3n) is 3.30. The van der Waals surface area contributed by atoms with Crippen molar-refractivity contribution in [1.82, 2.24) is 9.99 Å². The molecule has 0 unspecified atom stereocenters. The highest BCUT2D eigenvalue weighted by atomic mass is 32.1. The van der Waals surface area contributed by atoms with Crippen LogP contribution in [-0.4, -0.2) is 16.8 Å². The molecule has 0 aliphatic carbocycles. The fourth-order valence-corrected chi connectivity index (χ4v) is 3.18. The first kappa shape index (κ1) is 17.0. The zero-order valence-electron chi connectivity index (χ0n) is 12.9. The van der Waals surface area contributed by atoms with Gasteiger partial charge < -0.3 is 9.30 Å². The van der Waals surface area contributed by atoms with E-state index in [1.807, 2.05) is 0 Å². The number of fused-ring (bicyclic) bond motifs is 1. The van der Waals surface area contributed by atoms with E-state index < -0.39 is 6.36 Å². The maximum atomic E-state index is 12.3. The number of carbonyl (C=O) groups is 1. The van der Waals surface area contributed by atoms with Gasteiger partial charge in [0.05, 0.1) is 10.2 Å². The molecule has 0 bridgehead atoms. The molecule has 3 rings (SSSR count). The molecular formula is C16H12F3N3O2S. The van der Waals surface area contributed by atoms with E-state index in [0.29, 0.717) is 20.6 Å². The predicted molar refractivity (Wildman–Crippen MR) is 87.0 cm³/mol. The van der Waals surface area contributed by atoms with Crippen LogP contribution in [0.5, 0.6) is 5.75 Å².